The first-order chi connectivity index (χ1) is 5.22. The Bertz CT molecular complexity index is 139. The number of nitrogens with two attached hydrogens (primary N) is 1. The Morgan fingerprint density at radius 2 is 2.36 bits per heavy atom. The average Bonchev–Trinajstić information content (AvgIpc) is 1.97. The molecule has 0 heterocycles. The molecule has 64 valence electrons. The average molecular weight is 161 g/mol. The topological polar surface area (TPSA) is 85.0 Å². The molecule has 0 radical (unpaired) electrons. The van der Waals surface area contributed by atoms with E-state index in [4.69, 9.17) is 10.5 Å². The highest BCUT2D eigenvalue weighted by Crippen LogP contribution is 1.91. The van der Waals surface area contributed by atoms with Crippen molar-refractivity contribution in [2.24, 2.45) is 11.0 Å². The molecule has 2 N–H and O–H groups in total. The van der Waals surface area contributed by atoms with E-state index in [9.17, 15) is 9.70 Å². The number of ether oxygens (including phenoxy) is 1. The van der Waals surface area contributed by atoms with E-state index in [2.05, 4.69) is 5.29 Å². The highest BCUT2D eigenvalue weighted by Gasteiger charge is 2.07. The van der Waals surface area contributed by atoms with Crippen molar-refractivity contribution in [1.29, 1.82) is 0 Å². The van der Waals surface area contributed by atoms with Gasteiger partial charge in [-0.2, -0.15) is 5.01 Å². The van der Waals surface area contributed by atoms with Gasteiger partial charge in [-0.3, -0.25) is 0 Å². The van der Waals surface area contributed by atoms with E-state index in [0.717, 1.165) is 0 Å². The number of hydrogen-bond acceptors (Lipinski definition) is 4. The van der Waals surface area contributed by atoms with Gasteiger partial charge in [0.25, 0.3) is 0 Å². The van der Waals surface area contributed by atoms with Crippen LogP contribution in [0.5, 0.6) is 0 Å². The second-order valence-corrected chi connectivity index (χ2v) is 1.89. The smallest absolute Gasteiger partial charge is 0.337 e. The number of nitroso groups, excluding NO2 is 1. The standard InChI is InChI=1S/C5H11N3O3/c1-11-4-2-3-8(7-10)5(6)9/h2-4H2,1H3,(H2,6,9). The quantitative estimate of drug-likeness (QED) is 0.352. The highest BCUT2D eigenvalue weighted by atomic mass is 16.5. The van der Waals surface area contributed by atoms with Gasteiger partial charge in [-0.05, 0) is 6.42 Å². The van der Waals surface area contributed by atoms with Crippen LogP contribution in [0.2, 0.25) is 0 Å². The molecule has 0 aromatic carbocycles. The van der Waals surface area contributed by atoms with Crippen molar-refractivity contribution in [1.82, 2.24) is 5.01 Å². The van der Waals surface area contributed by atoms with Crippen LogP contribution in [-0.4, -0.2) is 31.3 Å². The lowest BCUT2D eigenvalue weighted by Crippen LogP contribution is -2.31. The van der Waals surface area contributed by atoms with Crippen LogP contribution in [-0.2, 0) is 4.74 Å². The Labute approximate surface area is 64.2 Å². The van der Waals surface area contributed by atoms with E-state index in [1.54, 1.807) is 0 Å². The molecule has 0 aromatic rings. The summed E-state index contributed by atoms with van der Waals surface area (Å²) in [5.41, 5.74) is 4.78. The largest absolute Gasteiger partial charge is 0.385 e. The summed E-state index contributed by atoms with van der Waals surface area (Å²) >= 11 is 0. The van der Waals surface area contributed by atoms with Crippen LogP contribution in [0.15, 0.2) is 5.29 Å². The first-order valence-electron chi connectivity index (χ1n) is 3.11. The number of rotatable bonds is 5. The van der Waals surface area contributed by atoms with Crippen molar-refractivity contribution in [3.8, 4) is 0 Å². The van der Waals surface area contributed by atoms with Crippen LogP contribution < -0.4 is 5.73 Å². The van der Waals surface area contributed by atoms with Crippen molar-refractivity contribution in [2.75, 3.05) is 20.3 Å². The molecule has 0 aromatic heterocycles. The minimum Gasteiger partial charge on any atom is -0.385 e. The van der Waals surface area contributed by atoms with Gasteiger partial charge >= 0.3 is 6.03 Å². The number of urea groups is 1. The SMILES string of the molecule is COCCCN(N=O)C(N)=O. The number of nitrogens with zero attached hydrogens (tertiary/aromatic N) is 2. The van der Waals surface area contributed by atoms with Gasteiger partial charge in [-0.1, -0.05) is 0 Å². The summed E-state index contributed by atoms with van der Waals surface area (Å²) in [7, 11) is 1.53. The van der Waals surface area contributed by atoms with Crippen LogP contribution in [0.1, 0.15) is 6.42 Å². The van der Waals surface area contributed by atoms with E-state index < -0.39 is 6.03 Å². The monoisotopic (exact) mass is 161 g/mol. The van der Waals surface area contributed by atoms with Gasteiger partial charge in [0.1, 0.15) is 0 Å². The maximum Gasteiger partial charge on any atom is 0.337 e. The van der Waals surface area contributed by atoms with Crippen molar-refractivity contribution in [3.63, 3.8) is 0 Å². The van der Waals surface area contributed by atoms with Gasteiger partial charge in [0.15, 0.2) is 0 Å². The molecule has 0 saturated heterocycles. The molecule has 0 unspecified atom stereocenters. The number of hydrogen-bond donors (Lipinski definition) is 1. The maximum absolute atomic E-state index is 10.3. The summed E-state index contributed by atoms with van der Waals surface area (Å²) in [6, 6.07) is -0.837. The van der Waals surface area contributed by atoms with Crippen molar-refractivity contribution >= 4 is 6.03 Å². The normalized spacial score (nSPS) is 9.18. The Morgan fingerprint density at radius 3 is 2.73 bits per heavy atom. The lowest BCUT2D eigenvalue weighted by molar-refractivity contribution is 0.173. The molecule has 0 atom stereocenters. The predicted octanol–water partition coefficient (Wildman–Crippen LogP) is 0.0850. The molecule has 0 bridgehead atoms. The third-order valence-corrected chi connectivity index (χ3v) is 1.07. The molecule has 0 rings (SSSR count). The van der Waals surface area contributed by atoms with Gasteiger partial charge in [-0.15, -0.1) is 4.91 Å². The van der Waals surface area contributed by atoms with Gasteiger partial charge < -0.3 is 10.5 Å². The number of methoxy groups -OCH3 is 1. The van der Waals surface area contributed by atoms with Crippen LogP contribution in [0, 0.1) is 4.91 Å². The zero-order chi connectivity index (χ0) is 8.69. The Kier molecular flexibility index (Phi) is 5.01. The van der Waals surface area contributed by atoms with Crippen molar-refractivity contribution in [3.05, 3.63) is 4.91 Å². The fraction of sp³-hybridized carbons (Fsp3) is 0.800. The second-order valence-electron chi connectivity index (χ2n) is 1.89. The van der Waals surface area contributed by atoms with E-state index in [0.29, 0.717) is 18.0 Å². The van der Waals surface area contributed by atoms with Crippen LogP contribution in [0.25, 0.3) is 0 Å². The number of primary amides is 1. The first-order valence-corrected chi connectivity index (χ1v) is 3.11. The first kappa shape index (κ1) is 9.83. The van der Waals surface area contributed by atoms with Crippen molar-refractivity contribution in [2.45, 2.75) is 6.42 Å². The molecular weight excluding hydrogens is 150 g/mol. The number of carbonyl (C=O) groups excluding carboxylic acids is 1. The molecule has 6 nitrogen and oxygen atoms in total. The molecule has 0 spiro atoms. The lowest BCUT2D eigenvalue weighted by atomic mass is 10.4. The third kappa shape index (κ3) is 4.26. The predicted molar refractivity (Wildman–Crippen MR) is 38.6 cm³/mol. The van der Waals surface area contributed by atoms with E-state index in [1.165, 1.54) is 7.11 Å². The highest BCUT2D eigenvalue weighted by molar-refractivity contribution is 5.71. The summed E-state index contributed by atoms with van der Waals surface area (Å²) in [5, 5.41) is 3.06. The van der Waals surface area contributed by atoms with Crippen LogP contribution >= 0.6 is 0 Å². The maximum atomic E-state index is 10.3. The third-order valence-electron chi connectivity index (χ3n) is 1.07. The van der Waals surface area contributed by atoms with Crippen molar-refractivity contribution < 1.29 is 9.53 Å². The zero-order valence-electron chi connectivity index (χ0n) is 6.32. The van der Waals surface area contributed by atoms with Gasteiger partial charge in [0.2, 0.25) is 0 Å². The van der Waals surface area contributed by atoms with Gasteiger partial charge in [0.05, 0.1) is 11.8 Å². The summed E-state index contributed by atoms with van der Waals surface area (Å²) in [6.07, 6.45) is 0.547. The summed E-state index contributed by atoms with van der Waals surface area (Å²) < 4.78 is 4.69. The fourth-order valence-electron chi connectivity index (χ4n) is 0.550. The molecule has 6 heteroatoms. The summed E-state index contributed by atoms with van der Waals surface area (Å²) in [5.74, 6) is 0. The Hall–Kier alpha value is -1.17. The van der Waals surface area contributed by atoms with Crippen LogP contribution in [0.3, 0.4) is 0 Å². The van der Waals surface area contributed by atoms with Gasteiger partial charge in [0, 0.05) is 13.7 Å². The zero-order valence-corrected chi connectivity index (χ0v) is 6.32. The molecule has 0 aliphatic heterocycles. The molecule has 2 amide bonds. The Balaban J connectivity index is 3.52. The second kappa shape index (κ2) is 5.60. The fourth-order valence-corrected chi connectivity index (χ4v) is 0.550. The lowest BCUT2D eigenvalue weighted by Gasteiger charge is -2.08. The van der Waals surface area contributed by atoms with E-state index in [-0.39, 0.29) is 6.54 Å². The van der Waals surface area contributed by atoms with E-state index in [1.807, 2.05) is 0 Å². The number of carbonyl (C=O) groups is 1. The minimum absolute atomic E-state index is 0.201. The summed E-state index contributed by atoms with van der Waals surface area (Å²) in [6.45, 7) is 0.673. The molecule has 0 fully saturated rings. The minimum atomic E-state index is -0.837. The molecule has 11 heavy (non-hydrogen) atoms. The molecule has 0 aliphatic rings. The summed E-state index contributed by atoms with van der Waals surface area (Å²) in [4.78, 5) is 20.2. The van der Waals surface area contributed by atoms with Crippen LogP contribution in [0.4, 0.5) is 4.79 Å². The van der Waals surface area contributed by atoms with E-state index >= 15 is 0 Å². The molecule has 0 saturated carbocycles. The Morgan fingerprint density at radius 1 is 1.73 bits per heavy atom. The van der Waals surface area contributed by atoms with Gasteiger partial charge in [-0.25, -0.2) is 4.79 Å². The number of amides is 2. The molecule has 0 aliphatic carbocycles. The molecular formula is C5H11N3O3.